The molecular formula is C21H13BrN4O7. The molecule has 1 amide bonds. The van der Waals surface area contributed by atoms with Crippen molar-refractivity contribution in [3.05, 3.63) is 108 Å². The number of nitrogens with one attached hydrogen (secondary N) is 1. The number of nitro benzene ring substituents is 2. The number of non-ortho nitro benzene ring substituents is 2. The minimum Gasteiger partial charge on any atom is -0.423 e. The fourth-order valence-electron chi connectivity index (χ4n) is 2.61. The maximum atomic E-state index is 12.4. The standard InChI is InChI=1S/C21H13BrN4O7/c22-16-5-2-4-14(8-16)20(27)24-23-12-13-3-1-6-19(7-13)33-21(28)15-9-17(25(29)30)11-18(10-15)26(31)32/h1-12H,(H,24,27)/b23-12+. The Bertz CT molecular complexity index is 1260. The van der Waals surface area contributed by atoms with E-state index in [1.807, 2.05) is 0 Å². The first-order chi connectivity index (χ1) is 15.7. The fourth-order valence-corrected chi connectivity index (χ4v) is 3.01. The molecule has 0 saturated carbocycles. The van der Waals surface area contributed by atoms with Crippen molar-refractivity contribution in [2.75, 3.05) is 0 Å². The number of hydrogen-bond acceptors (Lipinski definition) is 8. The van der Waals surface area contributed by atoms with Gasteiger partial charge in [-0.05, 0) is 35.9 Å². The third-order valence-corrected chi connectivity index (χ3v) is 4.59. The Hall–Kier alpha value is -4.45. The summed E-state index contributed by atoms with van der Waals surface area (Å²) in [5.74, 6) is -1.38. The average Bonchev–Trinajstić information content (AvgIpc) is 2.78. The first-order valence-corrected chi connectivity index (χ1v) is 9.87. The van der Waals surface area contributed by atoms with E-state index >= 15 is 0 Å². The number of carbonyl (C=O) groups excluding carboxylic acids is 2. The quantitative estimate of drug-likeness (QED) is 0.163. The molecular weight excluding hydrogens is 500 g/mol. The summed E-state index contributed by atoms with van der Waals surface area (Å²) >= 11 is 3.28. The normalized spacial score (nSPS) is 10.6. The van der Waals surface area contributed by atoms with E-state index < -0.39 is 33.1 Å². The number of ether oxygens (including phenoxy) is 1. The van der Waals surface area contributed by atoms with E-state index in [1.54, 1.807) is 36.4 Å². The highest BCUT2D eigenvalue weighted by Crippen LogP contribution is 2.24. The first kappa shape index (κ1) is 23.2. The van der Waals surface area contributed by atoms with Crippen LogP contribution in [0.1, 0.15) is 26.3 Å². The lowest BCUT2D eigenvalue weighted by atomic mass is 10.1. The van der Waals surface area contributed by atoms with E-state index in [9.17, 15) is 29.8 Å². The number of nitro groups is 2. The zero-order chi connectivity index (χ0) is 24.0. The van der Waals surface area contributed by atoms with Gasteiger partial charge in [-0.3, -0.25) is 25.0 Å². The number of nitrogens with zero attached hydrogens (tertiary/aromatic N) is 3. The third-order valence-electron chi connectivity index (χ3n) is 4.10. The van der Waals surface area contributed by atoms with Gasteiger partial charge in [-0.1, -0.05) is 34.1 Å². The lowest BCUT2D eigenvalue weighted by Gasteiger charge is -2.05. The summed E-state index contributed by atoms with van der Waals surface area (Å²) in [4.78, 5) is 44.8. The van der Waals surface area contributed by atoms with E-state index in [-0.39, 0.29) is 11.3 Å². The third kappa shape index (κ3) is 6.27. The van der Waals surface area contributed by atoms with E-state index in [0.29, 0.717) is 11.1 Å². The predicted octanol–water partition coefficient (Wildman–Crippen LogP) is 4.25. The van der Waals surface area contributed by atoms with Gasteiger partial charge < -0.3 is 4.74 Å². The Morgan fingerprint density at radius 3 is 2.21 bits per heavy atom. The molecule has 0 bridgehead atoms. The first-order valence-electron chi connectivity index (χ1n) is 9.08. The van der Waals surface area contributed by atoms with E-state index in [2.05, 4.69) is 26.5 Å². The molecule has 0 aliphatic rings. The molecule has 1 N–H and O–H groups in total. The molecule has 3 rings (SSSR count). The lowest BCUT2D eigenvalue weighted by Crippen LogP contribution is -2.17. The molecule has 0 heterocycles. The molecule has 0 radical (unpaired) electrons. The van der Waals surface area contributed by atoms with E-state index in [0.717, 1.165) is 22.7 Å². The number of amides is 1. The molecule has 3 aromatic rings. The highest BCUT2D eigenvalue weighted by molar-refractivity contribution is 9.10. The largest absolute Gasteiger partial charge is 0.423 e. The van der Waals surface area contributed by atoms with Crippen molar-refractivity contribution in [2.24, 2.45) is 5.10 Å². The number of hydrogen-bond donors (Lipinski definition) is 1. The average molecular weight is 513 g/mol. The molecule has 166 valence electrons. The second-order valence-electron chi connectivity index (χ2n) is 6.42. The van der Waals surface area contributed by atoms with Gasteiger partial charge in [-0.2, -0.15) is 5.10 Å². The van der Waals surface area contributed by atoms with E-state index in [1.165, 1.54) is 18.3 Å². The zero-order valence-corrected chi connectivity index (χ0v) is 18.1. The lowest BCUT2D eigenvalue weighted by molar-refractivity contribution is -0.394. The molecule has 0 aliphatic carbocycles. The van der Waals surface area contributed by atoms with Crippen LogP contribution < -0.4 is 10.2 Å². The maximum absolute atomic E-state index is 12.4. The minimum absolute atomic E-state index is 0.0661. The maximum Gasteiger partial charge on any atom is 0.344 e. The number of benzene rings is 3. The fraction of sp³-hybridized carbons (Fsp3) is 0. The van der Waals surface area contributed by atoms with Gasteiger partial charge in [0.25, 0.3) is 17.3 Å². The number of carbonyl (C=O) groups is 2. The highest BCUT2D eigenvalue weighted by Gasteiger charge is 2.21. The van der Waals surface area contributed by atoms with Crippen molar-refractivity contribution < 1.29 is 24.2 Å². The van der Waals surface area contributed by atoms with Gasteiger partial charge in [-0.25, -0.2) is 10.2 Å². The summed E-state index contributed by atoms with van der Waals surface area (Å²) in [6, 6.07) is 15.3. The summed E-state index contributed by atoms with van der Waals surface area (Å²) in [6.07, 6.45) is 1.32. The Morgan fingerprint density at radius 2 is 1.58 bits per heavy atom. The Labute approximate surface area is 194 Å². The Balaban J connectivity index is 1.71. The van der Waals surface area contributed by atoms with Gasteiger partial charge in [0.15, 0.2) is 0 Å². The molecule has 0 unspecified atom stereocenters. The summed E-state index contributed by atoms with van der Waals surface area (Å²) < 4.78 is 5.92. The monoisotopic (exact) mass is 512 g/mol. The molecule has 0 fully saturated rings. The van der Waals surface area contributed by atoms with Crippen molar-refractivity contribution in [3.8, 4) is 5.75 Å². The number of halogens is 1. The van der Waals surface area contributed by atoms with E-state index in [4.69, 9.17) is 4.74 Å². The summed E-state index contributed by atoms with van der Waals surface area (Å²) in [6.45, 7) is 0. The van der Waals surface area contributed by atoms with Gasteiger partial charge in [-0.15, -0.1) is 0 Å². The van der Waals surface area contributed by atoms with Crippen LogP contribution in [0.4, 0.5) is 11.4 Å². The van der Waals surface area contributed by atoms with Gasteiger partial charge in [0, 0.05) is 22.2 Å². The molecule has 11 nitrogen and oxygen atoms in total. The molecule has 0 aliphatic heterocycles. The molecule has 33 heavy (non-hydrogen) atoms. The topological polar surface area (TPSA) is 154 Å². The van der Waals surface area contributed by atoms with Crippen molar-refractivity contribution in [3.63, 3.8) is 0 Å². The number of esters is 1. The number of rotatable bonds is 7. The molecule has 0 atom stereocenters. The van der Waals surface area contributed by atoms with Crippen LogP contribution in [0.3, 0.4) is 0 Å². The summed E-state index contributed by atoms with van der Waals surface area (Å²) in [5, 5.41) is 25.8. The molecule has 3 aromatic carbocycles. The molecule has 0 aromatic heterocycles. The van der Waals surface area contributed by atoms with Crippen LogP contribution >= 0.6 is 15.9 Å². The van der Waals surface area contributed by atoms with Crippen LogP contribution in [0.15, 0.2) is 76.3 Å². The van der Waals surface area contributed by atoms with Crippen LogP contribution in [0.2, 0.25) is 0 Å². The predicted molar refractivity (Wildman–Crippen MR) is 120 cm³/mol. The van der Waals surface area contributed by atoms with Gasteiger partial charge in [0.05, 0.1) is 27.7 Å². The Kier molecular flexibility index (Phi) is 7.20. The second kappa shape index (κ2) is 10.2. The molecule has 12 heteroatoms. The van der Waals surface area contributed by atoms with Gasteiger partial charge in [0.2, 0.25) is 0 Å². The van der Waals surface area contributed by atoms with Crippen LogP contribution in [0, 0.1) is 20.2 Å². The SMILES string of the molecule is O=C(N/N=C/c1cccc(OC(=O)c2cc([N+](=O)[O-])cc([N+](=O)[O-])c2)c1)c1cccc(Br)c1. The van der Waals surface area contributed by atoms with Crippen LogP contribution in [0.5, 0.6) is 5.75 Å². The van der Waals surface area contributed by atoms with Crippen LogP contribution in [-0.4, -0.2) is 27.9 Å². The summed E-state index contributed by atoms with van der Waals surface area (Å²) in [7, 11) is 0. The molecule has 0 spiro atoms. The van der Waals surface area contributed by atoms with Gasteiger partial charge in [0.1, 0.15) is 5.75 Å². The number of hydrazone groups is 1. The van der Waals surface area contributed by atoms with Crippen LogP contribution in [-0.2, 0) is 0 Å². The van der Waals surface area contributed by atoms with Gasteiger partial charge >= 0.3 is 5.97 Å². The second-order valence-corrected chi connectivity index (χ2v) is 7.34. The smallest absolute Gasteiger partial charge is 0.344 e. The van der Waals surface area contributed by atoms with Crippen molar-refractivity contribution in [2.45, 2.75) is 0 Å². The van der Waals surface area contributed by atoms with Crippen molar-refractivity contribution >= 4 is 45.4 Å². The van der Waals surface area contributed by atoms with Crippen molar-refractivity contribution in [1.29, 1.82) is 0 Å². The molecule has 0 saturated heterocycles. The highest BCUT2D eigenvalue weighted by atomic mass is 79.9. The van der Waals surface area contributed by atoms with Crippen molar-refractivity contribution in [1.82, 2.24) is 5.43 Å². The minimum atomic E-state index is -1.01. The van der Waals surface area contributed by atoms with Crippen LogP contribution in [0.25, 0.3) is 0 Å². The Morgan fingerprint density at radius 1 is 0.909 bits per heavy atom. The summed E-state index contributed by atoms with van der Waals surface area (Å²) in [5.41, 5.74) is 1.66. The zero-order valence-electron chi connectivity index (χ0n) is 16.5.